The van der Waals surface area contributed by atoms with Gasteiger partial charge in [-0.25, -0.2) is 9.59 Å². The summed E-state index contributed by atoms with van der Waals surface area (Å²) in [6.07, 6.45) is -1.07. The summed E-state index contributed by atoms with van der Waals surface area (Å²) in [5, 5.41) is 9.92. The van der Waals surface area contributed by atoms with Crippen LogP contribution in [0.15, 0.2) is 72.8 Å². The number of ether oxygens (including phenoxy) is 3. The molecule has 0 fully saturated rings. The number of hydrogen-bond donors (Lipinski definition) is 1. The number of esters is 2. The lowest BCUT2D eigenvalue weighted by Gasteiger charge is -2.36. The second-order valence-electron chi connectivity index (χ2n) is 15.8. The zero-order valence-corrected chi connectivity index (χ0v) is 34.5. The Labute approximate surface area is 302 Å². The Morgan fingerprint density at radius 1 is 0.620 bits per heavy atom. The smallest absolute Gasteiger partial charge is 0.335 e. The molecule has 0 bridgehead atoms. The molecule has 0 aliphatic heterocycles. The minimum Gasteiger partial charge on any atom is -0.544 e. The fourth-order valence-corrected chi connectivity index (χ4v) is 6.23. The van der Waals surface area contributed by atoms with E-state index in [1.54, 1.807) is 0 Å². The third-order valence-electron chi connectivity index (χ3n) is 9.56. The van der Waals surface area contributed by atoms with Crippen LogP contribution < -0.4 is 8.85 Å². The van der Waals surface area contributed by atoms with E-state index in [9.17, 15) is 14.7 Å². The topological polar surface area (TPSA) is 101 Å². The van der Waals surface area contributed by atoms with Crippen molar-refractivity contribution in [1.82, 2.24) is 0 Å². The third-order valence-corrected chi connectivity index (χ3v) is 18.3. The SMILES string of the molecule is COC(=O)C(Cc1ccc(O[Si](C)(C)C(C)(C)C)cc1)OCc1ccc(C)cc1.COC(=O)C(O)Cc1ccc(O[Si](C)(C)C(C)(C)C)cc1. The first-order valence-electron chi connectivity index (χ1n) is 17.2. The Morgan fingerprint density at radius 3 is 1.38 bits per heavy atom. The predicted octanol–water partition coefficient (Wildman–Crippen LogP) is 8.83. The van der Waals surface area contributed by atoms with E-state index in [1.165, 1.54) is 19.8 Å². The molecule has 276 valence electrons. The average Bonchev–Trinajstić information content (AvgIpc) is 3.03. The van der Waals surface area contributed by atoms with E-state index in [0.29, 0.717) is 13.0 Å². The van der Waals surface area contributed by atoms with Gasteiger partial charge in [0, 0.05) is 12.8 Å². The summed E-state index contributed by atoms with van der Waals surface area (Å²) in [4.78, 5) is 23.4. The van der Waals surface area contributed by atoms with E-state index in [4.69, 9.17) is 18.3 Å². The Kier molecular flexibility index (Phi) is 15.5. The third kappa shape index (κ3) is 13.4. The highest BCUT2D eigenvalue weighted by Crippen LogP contribution is 2.38. The molecule has 0 heterocycles. The van der Waals surface area contributed by atoms with Gasteiger partial charge in [0.05, 0.1) is 20.8 Å². The molecular formula is C40H60O8Si2. The van der Waals surface area contributed by atoms with Gasteiger partial charge in [0.2, 0.25) is 16.6 Å². The van der Waals surface area contributed by atoms with E-state index >= 15 is 0 Å². The van der Waals surface area contributed by atoms with Gasteiger partial charge in [0.15, 0.2) is 12.2 Å². The minimum atomic E-state index is -1.87. The van der Waals surface area contributed by atoms with E-state index in [-0.39, 0.29) is 22.5 Å². The van der Waals surface area contributed by atoms with Crippen LogP contribution in [0.1, 0.15) is 63.8 Å². The van der Waals surface area contributed by atoms with Gasteiger partial charge in [0.1, 0.15) is 11.5 Å². The number of carbonyl (C=O) groups is 2. The Morgan fingerprint density at radius 2 is 1.00 bits per heavy atom. The van der Waals surface area contributed by atoms with Gasteiger partial charge in [-0.2, -0.15) is 0 Å². The van der Waals surface area contributed by atoms with Gasteiger partial charge in [0.25, 0.3) is 0 Å². The van der Waals surface area contributed by atoms with Crippen molar-refractivity contribution in [2.45, 2.75) is 116 Å². The van der Waals surface area contributed by atoms with Crippen LogP contribution in [-0.4, -0.2) is 60.1 Å². The van der Waals surface area contributed by atoms with E-state index < -0.39 is 34.8 Å². The van der Waals surface area contributed by atoms with Crippen LogP contribution in [0.3, 0.4) is 0 Å². The molecule has 0 aliphatic carbocycles. The van der Waals surface area contributed by atoms with Crippen molar-refractivity contribution in [3.05, 3.63) is 95.1 Å². The Bertz CT molecular complexity index is 1490. The van der Waals surface area contributed by atoms with Crippen molar-refractivity contribution in [3.8, 4) is 11.5 Å². The molecule has 0 aromatic heterocycles. The summed E-state index contributed by atoms with van der Waals surface area (Å²) in [5.74, 6) is 0.726. The number of rotatable bonds is 13. The number of aliphatic hydroxyl groups excluding tert-OH is 1. The van der Waals surface area contributed by atoms with E-state index in [2.05, 4.69) is 72.5 Å². The zero-order chi connectivity index (χ0) is 37.9. The van der Waals surface area contributed by atoms with Gasteiger partial charge in [-0.1, -0.05) is 95.6 Å². The summed E-state index contributed by atoms with van der Waals surface area (Å²) in [6.45, 7) is 24.5. The predicted molar refractivity (Wildman–Crippen MR) is 206 cm³/mol. The molecule has 0 amide bonds. The van der Waals surface area contributed by atoms with Gasteiger partial charge < -0.3 is 28.2 Å². The molecule has 3 aromatic carbocycles. The highest BCUT2D eigenvalue weighted by atomic mass is 28.4. The molecule has 50 heavy (non-hydrogen) atoms. The van der Waals surface area contributed by atoms with Gasteiger partial charge >= 0.3 is 11.9 Å². The molecule has 3 aromatic rings. The summed E-state index contributed by atoms with van der Waals surface area (Å²) < 4.78 is 27.8. The molecular weight excluding hydrogens is 665 g/mol. The summed E-state index contributed by atoms with van der Waals surface area (Å²) in [6, 6.07) is 23.5. The number of aliphatic hydroxyl groups is 1. The van der Waals surface area contributed by atoms with E-state index in [1.807, 2.05) is 79.7 Å². The standard InChI is InChI=1S/C24H34O4Si.C16H26O4Si/c1-18-8-10-20(11-9-18)17-27-22(23(25)26-5)16-19-12-14-21(15-13-19)28-29(6,7)24(2,3)4;1-16(2,3)21(5,6)20-13-9-7-12(8-10-13)11-14(17)15(18)19-4/h8-15,22H,16-17H2,1-7H3;7-10,14,17H,11H2,1-6H3. The maximum Gasteiger partial charge on any atom is 0.335 e. The van der Waals surface area contributed by atoms with Crippen molar-refractivity contribution in [3.63, 3.8) is 0 Å². The molecule has 0 aliphatic rings. The van der Waals surface area contributed by atoms with Crippen molar-refractivity contribution in [1.29, 1.82) is 0 Å². The second-order valence-corrected chi connectivity index (χ2v) is 25.2. The first-order chi connectivity index (χ1) is 23.1. The molecule has 0 saturated heterocycles. The first-order valence-corrected chi connectivity index (χ1v) is 23.0. The maximum atomic E-state index is 12.2. The van der Waals surface area contributed by atoms with Crippen LogP contribution in [0.5, 0.6) is 11.5 Å². The summed E-state index contributed by atoms with van der Waals surface area (Å²) in [5.41, 5.74) is 4.10. The highest BCUT2D eigenvalue weighted by molar-refractivity contribution is 6.75. The Hall–Kier alpha value is -3.45. The van der Waals surface area contributed by atoms with Crippen molar-refractivity contribution in [2.75, 3.05) is 14.2 Å². The van der Waals surface area contributed by atoms with Crippen LogP contribution in [0.2, 0.25) is 36.3 Å². The summed E-state index contributed by atoms with van der Waals surface area (Å²) in [7, 11) is -1.06. The number of carbonyl (C=O) groups excluding carboxylic acids is 2. The molecule has 0 radical (unpaired) electrons. The van der Waals surface area contributed by atoms with Gasteiger partial charge in [-0.05, 0) is 84.1 Å². The van der Waals surface area contributed by atoms with Gasteiger partial charge in [-0.15, -0.1) is 0 Å². The molecule has 2 unspecified atom stereocenters. The number of aryl methyl sites for hydroxylation is 1. The fraction of sp³-hybridized carbons (Fsp3) is 0.500. The monoisotopic (exact) mass is 724 g/mol. The normalized spacial score (nSPS) is 13.3. The van der Waals surface area contributed by atoms with Crippen molar-refractivity contribution >= 4 is 28.6 Å². The zero-order valence-electron chi connectivity index (χ0n) is 32.5. The Balaban J connectivity index is 0.000000366. The number of hydrogen-bond acceptors (Lipinski definition) is 8. The van der Waals surface area contributed by atoms with Crippen LogP contribution in [0.4, 0.5) is 0 Å². The van der Waals surface area contributed by atoms with E-state index in [0.717, 1.165) is 28.2 Å². The average molecular weight is 725 g/mol. The molecule has 1 N–H and O–H groups in total. The van der Waals surface area contributed by atoms with Crippen LogP contribution in [0, 0.1) is 6.92 Å². The lowest BCUT2D eigenvalue weighted by Crippen LogP contribution is -2.43. The lowest BCUT2D eigenvalue weighted by atomic mass is 10.1. The summed E-state index contributed by atoms with van der Waals surface area (Å²) >= 11 is 0. The highest BCUT2D eigenvalue weighted by Gasteiger charge is 2.39. The van der Waals surface area contributed by atoms with Gasteiger partial charge in [-0.3, -0.25) is 0 Å². The molecule has 0 spiro atoms. The largest absolute Gasteiger partial charge is 0.544 e. The minimum absolute atomic E-state index is 0.144. The molecule has 10 heteroatoms. The molecule has 0 saturated carbocycles. The van der Waals surface area contributed by atoms with Crippen molar-refractivity contribution in [2.24, 2.45) is 0 Å². The number of benzene rings is 3. The van der Waals surface area contributed by atoms with Crippen LogP contribution in [0.25, 0.3) is 0 Å². The van der Waals surface area contributed by atoms with Crippen LogP contribution in [-0.2, 0) is 43.2 Å². The molecule has 8 nitrogen and oxygen atoms in total. The number of methoxy groups -OCH3 is 2. The second kappa shape index (κ2) is 18.2. The first kappa shape index (κ1) is 42.7. The lowest BCUT2D eigenvalue weighted by molar-refractivity contribution is -0.155. The van der Waals surface area contributed by atoms with Crippen molar-refractivity contribution < 1.29 is 37.8 Å². The fourth-order valence-electron chi connectivity index (χ4n) is 4.16. The maximum absolute atomic E-state index is 12.2. The molecule has 3 rings (SSSR count). The molecule has 2 atom stereocenters. The quantitative estimate of drug-likeness (QED) is 0.138. The van der Waals surface area contributed by atoms with Crippen LogP contribution >= 0.6 is 0 Å².